The van der Waals surface area contributed by atoms with Crippen LogP contribution in [0.1, 0.15) is 32.1 Å². The summed E-state index contributed by atoms with van der Waals surface area (Å²) >= 11 is 5.92. The van der Waals surface area contributed by atoms with Crippen LogP contribution in [0.2, 0.25) is 5.02 Å². The van der Waals surface area contributed by atoms with Crippen molar-refractivity contribution in [2.24, 2.45) is 0 Å². The minimum atomic E-state index is -4.02. The molecule has 3 rings (SSSR count). The van der Waals surface area contributed by atoms with Crippen molar-refractivity contribution in [3.8, 4) is 5.75 Å². The Morgan fingerprint density at radius 1 is 1.15 bits per heavy atom. The van der Waals surface area contributed by atoms with Crippen molar-refractivity contribution >= 4 is 32.8 Å². The number of halogens is 1. The molecule has 1 aliphatic rings. The summed E-state index contributed by atoms with van der Waals surface area (Å²) in [5.41, 5.74) is 5.12. The fraction of sp³-hybridized carbons (Fsp3) is 0.333. The molecule has 2 N–H and O–H groups in total. The lowest BCUT2D eigenvalue weighted by Gasteiger charge is -2.24. The van der Waals surface area contributed by atoms with Crippen LogP contribution in [0.3, 0.4) is 0 Å². The molecule has 1 aliphatic carbocycles. The summed E-state index contributed by atoms with van der Waals surface area (Å²) in [6.45, 7) is 0. The largest absolute Gasteiger partial charge is 0.489 e. The van der Waals surface area contributed by atoms with E-state index in [9.17, 15) is 18.5 Å². The van der Waals surface area contributed by atoms with Crippen LogP contribution in [-0.2, 0) is 9.84 Å². The molecular formula is C18H19ClN2O5S. The Morgan fingerprint density at radius 3 is 2.48 bits per heavy atom. The van der Waals surface area contributed by atoms with Gasteiger partial charge < -0.3 is 10.5 Å². The van der Waals surface area contributed by atoms with Gasteiger partial charge in [-0.15, -0.1) is 0 Å². The molecule has 0 heterocycles. The maximum absolute atomic E-state index is 13.1. The lowest BCUT2D eigenvalue weighted by atomic mass is 9.98. The molecule has 2 aromatic rings. The Balaban J connectivity index is 2.12. The van der Waals surface area contributed by atoms with Gasteiger partial charge >= 0.3 is 0 Å². The first kappa shape index (κ1) is 19.4. The zero-order valence-electron chi connectivity index (χ0n) is 14.4. The number of nitrogens with zero attached hydrogens (tertiary/aromatic N) is 1. The third-order valence-corrected chi connectivity index (χ3v) is 6.54. The summed E-state index contributed by atoms with van der Waals surface area (Å²) in [5, 5.41) is 11.5. The average molecular weight is 411 g/mol. The van der Waals surface area contributed by atoms with Crippen LogP contribution in [0, 0.1) is 10.1 Å². The Hall–Kier alpha value is -2.32. The van der Waals surface area contributed by atoms with Gasteiger partial charge in [0.2, 0.25) is 9.84 Å². The van der Waals surface area contributed by atoms with E-state index in [0.29, 0.717) is 0 Å². The molecule has 1 saturated carbocycles. The van der Waals surface area contributed by atoms with Gasteiger partial charge in [0.25, 0.3) is 5.69 Å². The molecule has 0 unspecified atom stereocenters. The first-order valence-electron chi connectivity index (χ1n) is 8.54. The maximum Gasteiger partial charge on any atom is 0.295 e. The Labute approximate surface area is 162 Å². The Morgan fingerprint density at radius 2 is 1.85 bits per heavy atom. The topological polar surface area (TPSA) is 113 Å². The number of rotatable bonds is 5. The molecule has 0 radical (unpaired) electrons. The van der Waals surface area contributed by atoms with Crippen molar-refractivity contribution < 1.29 is 18.1 Å². The second-order valence-corrected chi connectivity index (χ2v) is 8.81. The predicted octanol–water partition coefficient (Wildman–Crippen LogP) is 4.37. The highest BCUT2D eigenvalue weighted by atomic mass is 35.5. The van der Waals surface area contributed by atoms with Gasteiger partial charge in [0, 0.05) is 5.02 Å². The smallest absolute Gasteiger partial charge is 0.295 e. The van der Waals surface area contributed by atoms with Gasteiger partial charge in [0.05, 0.1) is 22.0 Å². The quantitative estimate of drug-likeness (QED) is 0.444. The number of nitro benzene ring substituents is 1. The van der Waals surface area contributed by atoms with Gasteiger partial charge in [-0.2, -0.15) is 0 Å². The summed E-state index contributed by atoms with van der Waals surface area (Å²) in [6.07, 6.45) is 4.39. The number of ether oxygens (including phenoxy) is 1. The van der Waals surface area contributed by atoms with E-state index in [1.165, 1.54) is 18.2 Å². The van der Waals surface area contributed by atoms with Crippen molar-refractivity contribution in [3.05, 3.63) is 51.5 Å². The van der Waals surface area contributed by atoms with E-state index in [2.05, 4.69) is 0 Å². The highest BCUT2D eigenvalue weighted by Crippen LogP contribution is 2.38. The van der Waals surface area contributed by atoms with Gasteiger partial charge in [0.15, 0.2) is 0 Å². The van der Waals surface area contributed by atoms with E-state index >= 15 is 0 Å². The normalized spacial score (nSPS) is 15.4. The van der Waals surface area contributed by atoms with Crippen LogP contribution in [0.15, 0.2) is 46.2 Å². The third kappa shape index (κ3) is 4.17. The van der Waals surface area contributed by atoms with Crippen LogP contribution in [0.5, 0.6) is 5.75 Å². The van der Waals surface area contributed by atoms with Gasteiger partial charge in [-0.3, -0.25) is 10.1 Å². The van der Waals surface area contributed by atoms with E-state index in [1.54, 1.807) is 6.07 Å². The number of nitro groups is 1. The molecule has 2 aromatic carbocycles. The predicted molar refractivity (Wildman–Crippen MR) is 102 cm³/mol. The molecule has 0 aromatic heterocycles. The highest BCUT2D eigenvalue weighted by Gasteiger charge is 2.29. The number of nitrogen functional groups attached to an aromatic ring is 1. The van der Waals surface area contributed by atoms with Crippen molar-refractivity contribution in [2.45, 2.75) is 48.0 Å². The monoisotopic (exact) mass is 410 g/mol. The van der Waals surface area contributed by atoms with Crippen LogP contribution in [-0.4, -0.2) is 19.4 Å². The summed E-state index contributed by atoms with van der Waals surface area (Å²) in [7, 11) is -4.02. The first-order chi connectivity index (χ1) is 12.8. The van der Waals surface area contributed by atoms with Crippen LogP contribution in [0.25, 0.3) is 0 Å². The van der Waals surface area contributed by atoms with Gasteiger partial charge in [-0.25, -0.2) is 8.42 Å². The fourth-order valence-electron chi connectivity index (χ4n) is 3.15. The number of nitrogens with two attached hydrogens (primary N) is 1. The van der Waals surface area contributed by atoms with Crippen molar-refractivity contribution in [1.82, 2.24) is 0 Å². The minimum Gasteiger partial charge on any atom is -0.489 e. The molecule has 27 heavy (non-hydrogen) atoms. The molecule has 0 aliphatic heterocycles. The van der Waals surface area contributed by atoms with Crippen molar-refractivity contribution in [2.75, 3.05) is 5.73 Å². The fourth-order valence-corrected chi connectivity index (χ4v) is 4.85. The number of hydrogen-bond acceptors (Lipinski definition) is 6. The van der Waals surface area contributed by atoms with Gasteiger partial charge in [-0.05, 0) is 49.9 Å². The number of sulfone groups is 1. The SMILES string of the molecule is Nc1cc(S(=O)(=O)c2cccc(Cl)c2)c(OC2CCCCC2)cc1[N+](=O)[O-]. The lowest BCUT2D eigenvalue weighted by Crippen LogP contribution is -2.21. The zero-order valence-corrected chi connectivity index (χ0v) is 16.0. The summed E-state index contributed by atoms with van der Waals surface area (Å²) in [4.78, 5) is 10.4. The van der Waals surface area contributed by atoms with Crippen LogP contribution >= 0.6 is 11.6 Å². The number of anilines is 1. The summed E-state index contributed by atoms with van der Waals surface area (Å²) < 4.78 is 32.1. The summed E-state index contributed by atoms with van der Waals surface area (Å²) in [6, 6.07) is 7.99. The van der Waals surface area contributed by atoms with E-state index in [4.69, 9.17) is 22.1 Å². The molecule has 9 heteroatoms. The van der Waals surface area contributed by atoms with Crippen molar-refractivity contribution in [3.63, 3.8) is 0 Å². The maximum atomic E-state index is 13.1. The molecule has 0 bridgehead atoms. The molecule has 0 amide bonds. The summed E-state index contributed by atoms with van der Waals surface area (Å²) in [5.74, 6) is -0.0530. The number of hydrogen-bond donors (Lipinski definition) is 1. The second kappa shape index (κ2) is 7.74. The van der Waals surface area contributed by atoms with Crippen molar-refractivity contribution in [1.29, 1.82) is 0 Å². The minimum absolute atomic E-state index is 0.0308. The molecule has 0 spiro atoms. The molecule has 0 atom stereocenters. The standard InChI is InChI=1S/C18H19ClN2O5S/c19-12-5-4-8-14(9-12)27(24,25)18-10-15(20)16(21(22)23)11-17(18)26-13-6-2-1-3-7-13/h4-5,8-11,13H,1-3,6-7,20H2. The zero-order chi connectivity index (χ0) is 19.6. The molecule has 1 fully saturated rings. The van der Waals surface area contributed by atoms with E-state index in [-0.39, 0.29) is 38.0 Å². The van der Waals surface area contributed by atoms with Crippen LogP contribution in [0.4, 0.5) is 11.4 Å². The second-order valence-electron chi connectivity index (χ2n) is 6.45. The van der Waals surface area contributed by atoms with E-state index in [1.807, 2.05) is 0 Å². The molecular weight excluding hydrogens is 392 g/mol. The lowest BCUT2D eigenvalue weighted by molar-refractivity contribution is -0.384. The van der Waals surface area contributed by atoms with Gasteiger partial charge in [-0.1, -0.05) is 24.1 Å². The Bertz CT molecular complexity index is 972. The first-order valence-corrected chi connectivity index (χ1v) is 10.4. The van der Waals surface area contributed by atoms with E-state index < -0.39 is 14.8 Å². The molecule has 0 saturated heterocycles. The number of benzene rings is 2. The molecule has 144 valence electrons. The third-order valence-electron chi connectivity index (χ3n) is 4.53. The van der Waals surface area contributed by atoms with Crippen LogP contribution < -0.4 is 10.5 Å². The highest BCUT2D eigenvalue weighted by molar-refractivity contribution is 7.91. The Kier molecular flexibility index (Phi) is 5.57. The van der Waals surface area contributed by atoms with E-state index in [0.717, 1.165) is 44.2 Å². The molecule has 7 nitrogen and oxygen atoms in total. The average Bonchev–Trinajstić information content (AvgIpc) is 2.63. The van der Waals surface area contributed by atoms with Gasteiger partial charge in [0.1, 0.15) is 16.3 Å².